The minimum absolute atomic E-state index is 0.0279. The molecule has 2 atom stereocenters. The Labute approximate surface area is 96.0 Å². The van der Waals surface area contributed by atoms with Gasteiger partial charge < -0.3 is 5.32 Å². The number of anilines is 1. The highest BCUT2D eigenvalue weighted by Gasteiger charge is 2.12. The third kappa shape index (κ3) is 3.10. The normalized spacial score (nSPS) is 14.9. The van der Waals surface area contributed by atoms with Crippen LogP contribution in [0.5, 0.6) is 0 Å². The van der Waals surface area contributed by atoms with E-state index in [1.54, 1.807) is 0 Å². The number of nitrogens with one attached hydrogen (secondary N) is 1. The molecule has 1 rings (SSSR count). The van der Waals surface area contributed by atoms with E-state index >= 15 is 0 Å². The van der Waals surface area contributed by atoms with E-state index in [2.05, 4.69) is 26.2 Å². The molecule has 0 aliphatic carbocycles. The lowest BCUT2D eigenvalue weighted by atomic mass is 10.2. The Kier molecular flexibility index (Phi) is 4.13. The molecule has 0 saturated carbocycles. The Bertz CT molecular complexity index is 320. The standard InChI is InChI=1S/C9H11BrClFN2/c1-5(11)6(2)14-9-8(12)3-7(10)4-13-9/h3-6H,1-2H3,(H,13,14). The average Bonchev–Trinajstić information content (AvgIpc) is 2.09. The molecule has 0 aliphatic rings. The van der Waals surface area contributed by atoms with Gasteiger partial charge in [0.2, 0.25) is 0 Å². The maximum absolute atomic E-state index is 13.3. The number of alkyl halides is 1. The number of hydrogen-bond acceptors (Lipinski definition) is 2. The van der Waals surface area contributed by atoms with E-state index in [4.69, 9.17) is 11.6 Å². The number of pyridine rings is 1. The van der Waals surface area contributed by atoms with Crippen LogP contribution >= 0.6 is 27.5 Å². The summed E-state index contributed by atoms with van der Waals surface area (Å²) in [4.78, 5) is 3.91. The third-order valence-electron chi connectivity index (χ3n) is 1.86. The first-order chi connectivity index (χ1) is 6.50. The molecule has 0 bridgehead atoms. The molecule has 0 spiro atoms. The van der Waals surface area contributed by atoms with Crippen LogP contribution in [0.25, 0.3) is 0 Å². The third-order valence-corrected chi connectivity index (χ3v) is 2.67. The lowest BCUT2D eigenvalue weighted by Gasteiger charge is -2.16. The first kappa shape index (κ1) is 11.7. The summed E-state index contributed by atoms with van der Waals surface area (Å²) in [5.41, 5.74) is 0. The number of hydrogen-bond donors (Lipinski definition) is 1. The predicted molar refractivity (Wildman–Crippen MR) is 60.3 cm³/mol. The maximum Gasteiger partial charge on any atom is 0.166 e. The number of halogens is 3. The van der Waals surface area contributed by atoms with Crippen molar-refractivity contribution in [3.8, 4) is 0 Å². The van der Waals surface area contributed by atoms with Crippen molar-refractivity contribution in [2.45, 2.75) is 25.3 Å². The Hall–Kier alpha value is -0.350. The summed E-state index contributed by atoms with van der Waals surface area (Å²) in [5.74, 6) is -0.156. The van der Waals surface area contributed by atoms with Crippen molar-refractivity contribution in [2.75, 3.05) is 5.32 Å². The van der Waals surface area contributed by atoms with Gasteiger partial charge in [-0.25, -0.2) is 9.37 Å². The van der Waals surface area contributed by atoms with Crippen molar-refractivity contribution in [1.29, 1.82) is 0 Å². The largest absolute Gasteiger partial charge is 0.364 e. The fraction of sp³-hybridized carbons (Fsp3) is 0.444. The van der Waals surface area contributed by atoms with Gasteiger partial charge in [-0.2, -0.15) is 0 Å². The molecule has 1 heterocycles. The van der Waals surface area contributed by atoms with Crippen LogP contribution in [-0.4, -0.2) is 16.4 Å². The zero-order valence-corrected chi connectivity index (χ0v) is 10.2. The Morgan fingerprint density at radius 2 is 2.21 bits per heavy atom. The zero-order chi connectivity index (χ0) is 10.7. The van der Waals surface area contributed by atoms with Gasteiger partial charge >= 0.3 is 0 Å². The topological polar surface area (TPSA) is 24.9 Å². The van der Waals surface area contributed by atoms with Gasteiger partial charge in [0.15, 0.2) is 11.6 Å². The summed E-state index contributed by atoms with van der Waals surface area (Å²) in [5, 5.41) is 2.81. The minimum Gasteiger partial charge on any atom is -0.364 e. The van der Waals surface area contributed by atoms with E-state index in [1.807, 2.05) is 13.8 Å². The molecule has 78 valence electrons. The average molecular weight is 282 g/mol. The molecule has 1 aromatic heterocycles. The Balaban J connectivity index is 2.77. The van der Waals surface area contributed by atoms with E-state index in [0.29, 0.717) is 4.47 Å². The van der Waals surface area contributed by atoms with E-state index in [0.717, 1.165) is 0 Å². The number of aromatic nitrogens is 1. The van der Waals surface area contributed by atoms with E-state index in [-0.39, 0.29) is 23.1 Å². The quantitative estimate of drug-likeness (QED) is 0.859. The van der Waals surface area contributed by atoms with E-state index in [1.165, 1.54) is 12.3 Å². The lowest BCUT2D eigenvalue weighted by molar-refractivity contribution is 0.617. The Morgan fingerprint density at radius 3 is 2.71 bits per heavy atom. The molecular formula is C9H11BrClFN2. The second kappa shape index (κ2) is 4.94. The summed E-state index contributed by atoms with van der Waals surface area (Å²) in [6, 6.07) is 1.33. The fourth-order valence-corrected chi connectivity index (χ4v) is 1.22. The predicted octanol–water partition coefficient (Wildman–Crippen LogP) is 3.41. The highest BCUT2D eigenvalue weighted by Crippen LogP contribution is 2.17. The molecule has 0 amide bonds. The van der Waals surface area contributed by atoms with Crippen molar-refractivity contribution in [1.82, 2.24) is 4.98 Å². The molecule has 1 aromatic rings. The summed E-state index contributed by atoms with van der Waals surface area (Å²) in [6.07, 6.45) is 1.54. The van der Waals surface area contributed by atoms with Crippen LogP contribution in [0.15, 0.2) is 16.7 Å². The first-order valence-corrected chi connectivity index (χ1v) is 5.45. The van der Waals surface area contributed by atoms with Crippen LogP contribution in [0.1, 0.15) is 13.8 Å². The molecule has 0 aromatic carbocycles. The smallest absolute Gasteiger partial charge is 0.166 e. The van der Waals surface area contributed by atoms with E-state index in [9.17, 15) is 4.39 Å². The number of nitrogens with zero attached hydrogens (tertiary/aromatic N) is 1. The van der Waals surface area contributed by atoms with Crippen molar-refractivity contribution >= 4 is 33.3 Å². The van der Waals surface area contributed by atoms with Gasteiger partial charge in [0.05, 0.1) is 5.38 Å². The van der Waals surface area contributed by atoms with Crippen LogP contribution < -0.4 is 5.32 Å². The second-order valence-corrected chi connectivity index (χ2v) is 4.70. The molecule has 2 unspecified atom stereocenters. The van der Waals surface area contributed by atoms with Crippen molar-refractivity contribution in [2.24, 2.45) is 0 Å². The van der Waals surface area contributed by atoms with Crippen LogP contribution in [0.3, 0.4) is 0 Å². The van der Waals surface area contributed by atoms with Crippen molar-refractivity contribution in [3.05, 3.63) is 22.6 Å². The lowest BCUT2D eigenvalue weighted by Crippen LogP contribution is -2.25. The molecule has 0 saturated heterocycles. The molecule has 1 N–H and O–H groups in total. The van der Waals surface area contributed by atoms with Gasteiger partial charge in [-0.1, -0.05) is 0 Å². The van der Waals surface area contributed by atoms with Gasteiger partial charge in [-0.05, 0) is 35.8 Å². The van der Waals surface area contributed by atoms with Gasteiger partial charge in [-0.3, -0.25) is 0 Å². The molecule has 0 radical (unpaired) electrons. The molecular weight excluding hydrogens is 270 g/mol. The first-order valence-electron chi connectivity index (χ1n) is 4.22. The summed E-state index contributed by atoms with van der Waals surface area (Å²) in [6.45, 7) is 3.72. The maximum atomic E-state index is 13.3. The van der Waals surface area contributed by atoms with Crippen molar-refractivity contribution < 1.29 is 4.39 Å². The highest BCUT2D eigenvalue weighted by atomic mass is 79.9. The van der Waals surface area contributed by atoms with Gasteiger partial charge in [0, 0.05) is 16.7 Å². The monoisotopic (exact) mass is 280 g/mol. The molecule has 0 fully saturated rings. The molecule has 0 aliphatic heterocycles. The Morgan fingerprint density at radius 1 is 1.57 bits per heavy atom. The minimum atomic E-state index is -0.386. The van der Waals surface area contributed by atoms with Crippen LogP contribution in [0.2, 0.25) is 0 Å². The van der Waals surface area contributed by atoms with Crippen molar-refractivity contribution in [3.63, 3.8) is 0 Å². The van der Waals surface area contributed by atoms with Gasteiger partial charge in [0.25, 0.3) is 0 Å². The fourth-order valence-electron chi connectivity index (χ4n) is 0.851. The SMILES string of the molecule is CC(Cl)C(C)Nc1ncc(Br)cc1F. The second-order valence-electron chi connectivity index (χ2n) is 3.09. The summed E-state index contributed by atoms with van der Waals surface area (Å²) < 4.78 is 13.9. The van der Waals surface area contributed by atoms with Crippen LogP contribution in [-0.2, 0) is 0 Å². The highest BCUT2D eigenvalue weighted by molar-refractivity contribution is 9.10. The summed E-state index contributed by atoms with van der Waals surface area (Å²) >= 11 is 8.97. The number of rotatable bonds is 3. The van der Waals surface area contributed by atoms with Crippen LogP contribution in [0.4, 0.5) is 10.2 Å². The summed E-state index contributed by atoms with van der Waals surface area (Å²) in [7, 11) is 0. The molecule has 2 nitrogen and oxygen atoms in total. The van der Waals surface area contributed by atoms with Crippen LogP contribution in [0, 0.1) is 5.82 Å². The van der Waals surface area contributed by atoms with E-state index < -0.39 is 0 Å². The molecule has 5 heteroatoms. The van der Waals surface area contributed by atoms with Gasteiger partial charge in [-0.15, -0.1) is 11.6 Å². The molecule has 14 heavy (non-hydrogen) atoms. The zero-order valence-electron chi connectivity index (χ0n) is 7.89. The van der Waals surface area contributed by atoms with Gasteiger partial charge in [0.1, 0.15) is 0 Å².